The predicted octanol–water partition coefficient (Wildman–Crippen LogP) is 3.01. The van der Waals surface area contributed by atoms with Crippen LogP contribution < -0.4 is 4.72 Å². The number of sulfonamides is 1. The second kappa shape index (κ2) is 4.81. The number of oxazole rings is 1. The first-order valence-corrected chi connectivity index (χ1v) is 8.49. The van der Waals surface area contributed by atoms with Gasteiger partial charge in [-0.3, -0.25) is 4.72 Å². The minimum absolute atomic E-state index is 0.122. The minimum atomic E-state index is -3.69. The van der Waals surface area contributed by atoms with E-state index in [0.717, 1.165) is 10.6 Å². The standard InChI is InChI=1S/C13H13N3O3S2/c1-7-8(2)20-13(14-7)16-21(17,18)10-4-5-11-12(6-10)19-9(3)15-11/h4-6H,1-3H3,(H,14,16). The van der Waals surface area contributed by atoms with Gasteiger partial charge >= 0.3 is 0 Å². The van der Waals surface area contributed by atoms with E-state index in [0.29, 0.717) is 22.1 Å². The Hall–Kier alpha value is -1.93. The van der Waals surface area contributed by atoms with E-state index in [4.69, 9.17) is 4.42 Å². The third kappa shape index (κ3) is 2.64. The van der Waals surface area contributed by atoms with E-state index in [2.05, 4.69) is 14.7 Å². The fourth-order valence-corrected chi connectivity index (χ4v) is 3.94. The molecule has 0 amide bonds. The number of nitrogens with one attached hydrogen (secondary N) is 1. The summed E-state index contributed by atoms with van der Waals surface area (Å²) in [6.07, 6.45) is 0. The number of anilines is 1. The maximum Gasteiger partial charge on any atom is 0.263 e. The van der Waals surface area contributed by atoms with Crippen molar-refractivity contribution < 1.29 is 12.8 Å². The van der Waals surface area contributed by atoms with Crippen molar-refractivity contribution in [3.63, 3.8) is 0 Å². The molecule has 0 saturated carbocycles. The summed E-state index contributed by atoms with van der Waals surface area (Å²) in [7, 11) is -3.69. The van der Waals surface area contributed by atoms with Gasteiger partial charge in [-0.15, -0.1) is 11.3 Å². The summed E-state index contributed by atoms with van der Waals surface area (Å²) >= 11 is 1.31. The molecule has 1 N–H and O–H groups in total. The molecule has 0 atom stereocenters. The SMILES string of the molecule is Cc1nc2ccc(S(=O)(=O)Nc3nc(C)c(C)s3)cc2o1. The third-order valence-corrected chi connectivity index (χ3v) is 5.48. The largest absolute Gasteiger partial charge is 0.441 e. The lowest BCUT2D eigenvalue weighted by Gasteiger charge is -2.04. The van der Waals surface area contributed by atoms with Crippen LogP contribution in [0.4, 0.5) is 5.13 Å². The Kier molecular flexibility index (Phi) is 3.22. The number of rotatable bonds is 3. The average Bonchev–Trinajstić information content (AvgIpc) is 2.90. The highest BCUT2D eigenvalue weighted by atomic mass is 32.2. The number of aromatic nitrogens is 2. The number of aryl methyl sites for hydroxylation is 3. The molecule has 0 unspecified atom stereocenters. The lowest BCUT2D eigenvalue weighted by atomic mass is 10.3. The van der Waals surface area contributed by atoms with Gasteiger partial charge in [-0.2, -0.15) is 0 Å². The van der Waals surface area contributed by atoms with Gasteiger partial charge in [-0.05, 0) is 26.0 Å². The van der Waals surface area contributed by atoms with Crippen molar-refractivity contribution >= 4 is 37.6 Å². The first-order chi connectivity index (χ1) is 9.85. The molecule has 3 aromatic rings. The lowest BCUT2D eigenvalue weighted by Crippen LogP contribution is -2.12. The molecule has 0 saturated heterocycles. The number of fused-ring (bicyclic) bond motifs is 1. The zero-order valence-corrected chi connectivity index (χ0v) is 13.3. The maximum atomic E-state index is 12.4. The minimum Gasteiger partial charge on any atom is -0.441 e. The Morgan fingerprint density at radius 3 is 2.62 bits per heavy atom. The number of nitrogens with zero attached hydrogens (tertiary/aromatic N) is 2. The van der Waals surface area contributed by atoms with Gasteiger partial charge in [-0.25, -0.2) is 18.4 Å². The van der Waals surface area contributed by atoms with Crippen LogP contribution in [0.15, 0.2) is 27.5 Å². The smallest absolute Gasteiger partial charge is 0.263 e. The van der Waals surface area contributed by atoms with Crippen molar-refractivity contribution in [1.29, 1.82) is 0 Å². The van der Waals surface area contributed by atoms with E-state index < -0.39 is 10.0 Å². The molecule has 2 aromatic heterocycles. The summed E-state index contributed by atoms with van der Waals surface area (Å²) in [6.45, 7) is 5.45. The Labute approximate surface area is 125 Å². The van der Waals surface area contributed by atoms with Gasteiger partial charge in [0, 0.05) is 17.9 Å². The summed E-state index contributed by atoms with van der Waals surface area (Å²) in [5, 5.41) is 0.360. The van der Waals surface area contributed by atoms with Crippen molar-refractivity contribution in [2.24, 2.45) is 0 Å². The summed E-state index contributed by atoms with van der Waals surface area (Å²) in [5.74, 6) is 0.499. The number of hydrogen-bond donors (Lipinski definition) is 1. The molecule has 0 bridgehead atoms. The molecule has 0 spiro atoms. The molecule has 0 radical (unpaired) electrons. The molecule has 0 aliphatic heterocycles. The van der Waals surface area contributed by atoms with Crippen LogP contribution in [-0.2, 0) is 10.0 Å². The third-order valence-electron chi connectivity index (χ3n) is 3.03. The second-order valence-electron chi connectivity index (χ2n) is 4.63. The van der Waals surface area contributed by atoms with E-state index in [1.807, 2.05) is 13.8 Å². The van der Waals surface area contributed by atoms with E-state index in [1.54, 1.807) is 13.0 Å². The predicted molar refractivity (Wildman–Crippen MR) is 81.1 cm³/mol. The Morgan fingerprint density at radius 1 is 1.19 bits per heavy atom. The molecule has 8 heteroatoms. The first kappa shape index (κ1) is 14.0. The Balaban J connectivity index is 1.99. The Morgan fingerprint density at radius 2 is 1.95 bits per heavy atom. The molecule has 6 nitrogen and oxygen atoms in total. The molecular formula is C13H13N3O3S2. The van der Waals surface area contributed by atoms with Crippen LogP contribution in [0, 0.1) is 20.8 Å². The fraction of sp³-hybridized carbons (Fsp3) is 0.231. The Bertz CT molecular complexity index is 906. The van der Waals surface area contributed by atoms with Crippen LogP contribution in [-0.4, -0.2) is 18.4 Å². The van der Waals surface area contributed by atoms with Crippen LogP contribution in [0.25, 0.3) is 11.1 Å². The topological polar surface area (TPSA) is 85.1 Å². The maximum absolute atomic E-state index is 12.4. The van der Waals surface area contributed by atoms with Gasteiger partial charge in [0.05, 0.1) is 10.6 Å². The van der Waals surface area contributed by atoms with Gasteiger partial charge in [0.2, 0.25) is 0 Å². The molecule has 0 fully saturated rings. The molecule has 110 valence electrons. The van der Waals surface area contributed by atoms with Gasteiger partial charge < -0.3 is 4.42 Å². The molecule has 3 rings (SSSR count). The van der Waals surface area contributed by atoms with Crippen LogP contribution in [0.5, 0.6) is 0 Å². The van der Waals surface area contributed by atoms with Gasteiger partial charge in [-0.1, -0.05) is 0 Å². The molecule has 0 aliphatic carbocycles. The van der Waals surface area contributed by atoms with Crippen molar-refractivity contribution in [2.75, 3.05) is 4.72 Å². The van der Waals surface area contributed by atoms with Crippen molar-refractivity contribution in [3.05, 3.63) is 34.7 Å². The highest BCUT2D eigenvalue weighted by Gasteiger charge is 2.18. The van der Waals surface area contributed by atoms with Crippen molar-refractivity contribution in [1.82, 2.24) is 9.97 Å². The average molecular weight is 323 g/mol. The van der Waals surface area contributed by atoms with Crippen molar-refractivity contribution in [3.8, 4) is 0 Å². The zero-order valence-electron chi connectivity index (χ0n) is 11.7. The van der Waals surface area contributed by atoms with Crippen LogP contribution >= 0.6 is 11.3 Å². The number of thiazole rings is 1. The summed E-state index contributed by atoms with van der Waals surface area (Å²) < 4.78 is 32.6. The normalized spacial score (nSPS) is 12.0. The van der Waals surface area contributed by atoms with E-state index >= 15 is 0 Å². The first-order valence-electron chi connectivity index (χ1n) is 6.19. The highest BCUT2D eigenvalue weighted by Crippen LogP contribution is 2.25. The molecule has 21 heavy (non-hydrogen) atoms. The highest BCUT2D eigenvalue weighted by molar-refractivity contribution is 7.93. The zero-order chi connectivity index (χ0) is 15.2. The van der Waals surface area contributed by atoms with E-state index in [1.165, 1.54) is 23.5 Å². The van der Waals surface area contributed by atoms with Crippen molar-refractivity contribution in [2.45, 2.75) is 25.7 Å². The van der Waals surface area contributed by atoms with Gasteiger partial charge in [0.15, 0.2) is 16.6 Å². The van der Waals surface area contributed by atoms with Gasteiger partial charge in [0.1, 0.15) is 5.52 Å². The monoisotopic (exact) mass is 323 g/mol. The fourth-order valence-electron chi connectivity index (χ4n) is 1.88. The molecule has 1 aromatic carbocycles. The van der Waals surface area contributed by atoms with Gasteiger partial charge in [0.25, 0.3) is 10.0 Å². The van der Waals surface area contributed by atoms with E-state index in [-0.39, 0.29) is 4.90 Å². The quantitative estimate of drug-likeness (QED) is 0.801. The summed E-state index contributed by atoms with van der Waals surface area (Å²) in [6, 6.07) is 4.59. The summed E-state index contributed by atoms with van der Waals surface area (Å²) in [4.78, 5) is 9.43. The molecular weight excluding hydrogens is 310 g/mol. The van der Waals surface area contributed by atoms with Crippen LogP contribution in [0.3, 0.4) is 0 Å². The molecule has 2 heterocycles. The summed E-state index contributed by atoms with van der Waals surface area (Å²) in [5.41, 5.74) is 1.90. The molecule has 0 aliphatic rings. The second-order valence-corrected chi connectivity index (χ2v) is 7.51. The number of hydrogen-bond acceptors (Lipinski definition) is 6. The van der Waals surface area contributed by atoms with E-state index in [9.17, 15) is 8.42 Å². The van der Waals surface area contributed by atoms with Crippen LogP contribution in [0.2, 0.25) is 0 Å². The number of benzene rings is 1. The lowest BCUT2D eigenvalue weighted by molar-refractivity contribution is 0.559. The van der Waals surface area contributed by atoms with Crippen LogP contribution in [0.1, 0.15) is 16.5 Å².